The summed E-state index contributed by atoms with van der Waals surface area (Å²) < 4.78 is 27.3. The van der Waals surface area contributed by atoms with Crippen LogP contribution in [0.25, 0.3) is 0 Å². The second-order valence-corrected chi connectivity index (χ2v) is 7.98. The maximum Gasteiger partial charge on any atom is 0.335 e. The van der Waals surface area contributed by atoms with Gasteiger partial charge in [0.1, 0.15) is 0 Å². The Morgan fingerprint density at radius 2 is 1.64 bits per heavy atom. The van der Waals surface area contributed by atoms with Crippen LogP contribution in [0.15, 0.2) is 46.4 Å². The molecule has 0 fully saturated rings. The van der Waals surface area contributed by atoms with E-state index in [0.29, 0.717) is 16.7 Å². The minimum atomic E-state index is -3.84. The molecule has 9 heteroatoms. The Morgan fingerprint density at radius 1 is 1.07 bits per heavy atom. The summed E-state index contributed by atoms with van der Waals surface area (Å²) in [6, 6.07) is 9.41. The highest BCUT2D eigenvalue weighted by molar-refractivity contribution is 7.89. The number of carbonyl (C=O) groups excluding carboxylic acids is 1. The summed E-state index contributed by atoms with van der Waals surface area (Å²) in [5.74, 6) is -1.67. The third-order valence-electron chi connectivity index (χ3n) is 3.86. The molecule has 0 bridgehead atoms. The van der Waals surface area contributed by atoms with Crippen molar-refractivity contribution in [3.8, 4) is 0 Å². The number of hydrazone groups is 1. The molecule has 2 rings (SSSR count). The molecule has 0 saturated carbocycles. The van der Waals surface area contributed by atoms with Crippen LogP contribution >= 0.6 is 0 Å². The smallest absolute Gasteiger partial charge is 0.335 e. The summed E-state index contributed by atoms with van der Waals surface area (Å²) in [7, 11) is -3.84. The van der Waals surface area contributed by atoms with E-state index < -0.39 is 28.4 Å². The molecule has 0 aliphatic rings. The van der Waals surface area contributed by atoms with Crippen molar-refractivity contribution in [2.24, 2.45) is 5.10 Å². The molecule has 0 spiro atoms. The van der Waals surface area contributed by atoms with Gasteiger partial charge >= 0.3 is 5.97 Å². The fraction of sp³-hybridized carbons (Fsp3) is 0.211. The molecule has 0 aliphatic heterocycles. The van der Waals surface area contributed by atoms with Crippen LogP contribution in [0.3, 0.4) is 0 Å². The van der Waals surface area contributed by atoms with Crippen LogP contribution in [-0.2, 0) is 14.8 Å². The maximum atomic E-state index is 12.5. The molecule has 0 aliphatic carbocycles. The van der Waals surface area contributed by atoms with Crippen LogP contribution < -0.4 is 10.1 Å². The van der Waals surface area contributed by atoms with Gasteiger partial charge in [-0.1, -0.05) is 29.8 Å². The number of amides is 1. The lowest BCUT2D eigenvalue weighted by molar-refractivity contribution is -0.119. The number of benzene rings is 2. The Hall–Kier alpha value is -3.04. The van der Waals surface area contributed by atoms with Crippen molar-refractivity contribution >= 4 is 28.1 Å². The molecule has 148 valence electrons. The van der Waals surface area contributed by atoms with Gasteiger partial charge in [-0.15, -0.1) is 0 Å². The molecule has 2 aromatic carbocycles. The predicted molar refractivity (Wildman–Crippen MR) is 105 cm³/mol. The lowest BCUT2D eigenvalue weighted by Crippen LogP contribution is -2.35. The van der Waals surface area contributed by atoms with Crippen molar-refractivity contribution in [3.05, 3.63) is 64.2 Å². The quantitative estimate of drug-likeness (QED) is 0.480. The largest absolute Gasteiger partial charge is 0.478 e. The topological polar surface area (TPSA) is 125 Å². The first kappa shape index (κ1) is 21.3. The minimum absolute atomic E-state index is 0.136. The van der Waals surface area contributed by atoms with Crippen molar-refractivity contribution in [3.63, 3.8) is 0 Å². The van der Waals surface area contributed by atoms with Gasteiger partial charge in [-0.25, -0.2) is 23.4 Å². The molecule has 1 amide bonds. The molecule has 0 heterocycles. The van der Waals surface area contributed by atoms with Crippen LogP contribution in [0.5, 0.6) is 0 Å². The number of aryl methyl sites for hydroxylation is 3. The van der Waals surface area contributed by atoms with Gasteiger partial charge in [-0.2, -0.15) is 5.10 Å². The van der Waals surface area contributed by atoms with Crippen LogP contribution in [0.2, 0.25) is 0 Å². The zero-order chi connectivity index (χ0) is 20.9. The third kappa shape index (κ3) is 5.48. The highest BCUT2D eigenvalue weighted by Gasteiger charge is 2.20. The molecule has 0 atom stereocenters. The van der Waals surface area contributed by atoms with E-state index in [-0.39, 0.29) is 10.5 Å². The first-order valence-electron chi connectivity index (χ1n) is 8.33. The molecule has 0 radical (unpaired) electrons. The van der Waals surface area contributed by atoms with E-state index in [2.05, 4.69) is 15.2 Å². The Kier molecular flexibility index (Phi) is 6.66. The second-order valence-electron chi connectivity index (χ2n) is 6.27. The molecule has 0 aromatic heterocycles. The third-order valence-corrected chi connectivity index (χ3v) is 5.56. The fourth-order valence-corrected chi connectivity index (χ4v) is 4.18. The summed E-state index contributed by atoms with van der Waals surface area (Å²) in [5.41, 5.74) is 5.10. The number of carboxylic acid groups (broad SMARTS) is 1. The number of hydrogen-bond acceptors (Lipinski definition) is 5. The highest BCUT2D eigenvalue weighted by atomic mass is 32.2. The van der Waals surface area contributed by atoms with Gasteiger partial charge in [0.25, 0.3) is 5.91 Å². The number of hydrogen-bond donors (Lipinski definition) is 3. The standard InChI is InChI=1S/C19H21N3O5S/c1-12-8-13(2)18(14(3)9-12)28(26,27)21-11-17(23)22-20-10-15-4-6-16(7-5-15)19(24)25/h4-10,21H,11H2,1-3H3,(H,22,23)(H,24,25)/b20-10-. The van der Waals surface area contributed by atoms with Crippen molar-refractivity contribution in [2.75, 3.05) is 6.54 Å². The number of carboxylic acids is 1. The van der Waals surface area contributed by atoms with Crippen molar-refractivity contribution in [1.29, 1.82) is 0 Å². The number of nitrogens with zero attached hydrogens (tertiary/aromatic N) is 1. The number of nitrogens with one attached hydrogen (secondary N) is 2. The van der Waals surface area contributed by atoms with E-state index in [1.54, 1.807) is 26.0 Å². The van der Waals surface area contributed by atoms with Gasteiger partial charge in [-0.05, 0) is 49.6 Å². The SMILES string of the molecule is Cc1cc(C)c(S(=O)(=O)NCC(=O)N/N=C\c2ccc(C(=O)O)cc2)c(C)c1. The molecule has 0 saturated heterocycles. The number of aromatic carboxylic acids is 1. The summed E-state index contributed by atoms with van der Waals surface area (Å²) in [4.78, 5) is 22.8. The van der Waals surface area contributed by atoms with Crippen LogP contribution in [-0.4, -0.2) is 38.2 Å². The molecular formula is C19H21N3O5S. The first-order chi connectivity index (χ1) is 13.1. The van der Waals surface area contributed by atoms with Crippen LogP contribution in [0.1, 0.15) is 32.6 Å². The average Bonchev–Trinajstić information content (AvgIpc) is 2.59. The van der Waals surface area contributed by atoms with E-state index in [4.69, 9.17) is 5.11 Å². The lowest BCUT2D eigenvalue weighted by Gasteiger charge is -2.12. The summed E-state index contributed by atoms with van der Waals surface area (Å²) in [6.45, 7) is 4.82. The van der Waals surface area contributed by atoms with Crippen molar-refractivity contribution in [1.82, 2.24) is 10.1 Å². The molecule has 2 aromatic rings. The van der Waals surface area contributed by atoms with Crippen LogP contribution in [0, 0.1) is 20.8 Å². The Morgan fingerprint density at radius 3 is 2.18 bits per heavy atom. The average molecular weight is 403 g/mol. The zero-order valence-electron chi connectivity index (χ0n) is 15.7. The highest BCUT2D eigenvalue weighted by Crippen LogP contribution is 2.21. The number of sulfonamides is 1. The van der Waals surface area contributed by atoms with Crippen molar-refractivity contribution in [2.45, 2.75) is 25.7 Å². The normalized spacial score (nSPS) is 11.5. The predicted octanol–water partition coefficient (Wildman–Crippen LogP) is 1.74. The van der Waals surface area contributed by atoms with Gasteiger partial charge < -0.3 is 5.11 Å². The van der Waals surface area contributed by atoms with E-state index >= 15 is 0 Å². The van der Waals surface area contributed by atoms with Gasteiger partial charge in [0.2, 0.25) is 10.0 Å². The maximum absolute atomic E-state index is 12.5. The molecule has 3 N–H and O–H groups in total. The molecule has 0 unspecified atom stereocenters. The van der Waals surface area contributed by atoms with Crippen LogP contribution in [0.4, 0.5) is 0 Å². The molecule has 28 heavy (non-hydrogen) atoms. The summed E-state index contributed by atoms with van der Waals surface area (Å²) in [6.07, 6.45) is 1.33. The summed E-state index contributed by atoms with van der Waals surface area (Å²) >= 11 is 0. The Bertz CT molecular complexity index is 1010. The van der Waals surface area contributed by atoms with E-state index in [9.17, 15) is 18.0 Å². The fourth-order valence-electron chi connectivity index (χ4n) is 2.75. The Labute approximate surface area is 163 Å². The minimum Gasteiger partial charge on any atom is -0.478 e. The molecule has 8 nitrogen and oxygen atoms in total. The van der Waals surface area contributed by atoms with Gasteiger partial charge in [0, 0.05) is 0 Å². The number of rotatable bonds is 7. The van der Waals surface area contributed by atoms with E-state index in [1.807, 2.05) is 6.92 Å². The number of carbonyl (C=O) groups is 2. The first-order valence-corrected chi connectivity index (χ1v) is 9.81. The Balaban J connectivity index is 1.95. The van der Waals surface area contributed by atoms with E-state index in [0.717, 1.165) is 5.56 Å². The van der Waals surface area contributed by atoms with Gasteiger partial charge in [0.15, 0.2) is 0 Å². The monoisotopic (exact) mass is 403 g/mol. The van der Waals surface area contributed by atoms with Gasteiger partial charge in [0.05, 0.1) is 23.2 Å². The van der Waals surface area contributed by atoms with Gasteiger partial charge in [-0.3, -0.25) is 4.79 Å². The zero-order valence-corrected chi connectivity index (χ0v) is 16.5. The molecular weight excluding hydrogens is 382 g/mol. The summed E-state index contributed by atoms with van der Waals surface area (Å²) in [5, 5.41) is 12.6. The van der Waals surface area contributed by atoms with E-state index in [1.165, 1.54) is 30.5 Å². The van der Waals surface area contributed by atoms with Crippen molar-refractivity contribution < 1.29 is 23.1 Å². The second kappa shape index (κ2) is 8.77. The lowest BCUT2D eigenvalue weighted by atomic mass is 10.1.